The number of carbonyl (C=O) groups excluding carboxylic acids is 1. The zero-order chi connectivity index (χ0) is 12.8. The molecule has 2 bridgehead atoms. The summed E-state index contributed by atoms with van der Waals surface area (Å²) < 4.78 is 5.67. The van der Waals surface area contributed by atoms with Crippen molar-refractivity contribution in [2.24, 2.45) is 29.6 Å². The van der Waals surface area contributed by atoms with E-state index in [0.29, 0.717) is 11.8 Å². The fraction of sp³-hybridized carbons (Fsp3) is 0.933. The number of fused-ring (bicyclic) bond motifs is 2. The number of esters is 1. The van der Waals surface area contributed by atoms with Gasteiger partial charge in [-0.1, -0.05) is 20.8 Å². The molecule has 2 rings (SSSR count). The van der Waals surface area contributed by atoms with E-state index in [0.717, 1.165) is 24.7 Å². The lowest BCUT2D eigenvalue weighted by Gasteiger charge is -2.33. The first-order valence-electron chi connectivity index (χ1n) is 7.08. The Morgan fingerprint density at radius 1 is 1.24 bits per heavy atom. The summed E-state index contributed by atoms with van der Waals surface area (Å²) in [4.78, 5) is 12.2. The van der Waals surface area contributed by atoms with Gasteiger partial charge >= 0.3 is 5.97 Å². The molecule has 0 aliphatic heterocycles. The minimum absolute atomic E-state index is 0.0584. The molecule has 2 aliphatic rings. The molecule has 2 aliphatic carbocycles. The van der Waals surface area contributed by atoms with Crippen LogP contribution in [0.25, 0.3) is 0 Å². The molecule has 0 aromatic rings. The highest BCUT2D eigenvalue weighted by atomic mass is 16.6. The van der Waals surface area contributed by atoms with E-state index in [-0.39, 0.29) is 17.5 Å². The fourth-order valence-corrected chi connectivity index (χ4v) is 3.63. The highest BCUT2D eigenvalue weighted by molar-refractivity contribution is 5.74. The summed E-state index contributed by atoms with van der Waals surface area (Å²) in [5, 5.41) is 0. The Balaban J connectivity index is 1.99. The van der Waals surface area contributed by atoms with E-state index in [9.17, 15) is 4.79 Å². The molecule has 0 radical (unpaired) electrons. The quantitative estimate of drug-likeness (QED) is 0.702. The van der Waals surface area contributed by atoms with Gasteiger partial charge in [0.25, 0.3) is 0 Å². The Morgan fingerprint density at radius 3 is 2.35 bits per heavy atom. The Bertz CT molecular complexity index is 306. The van der Waals surface area contributed by atoms with E-state index < -0.39 is 0 Å². The van der Waals surface area contributed by atoms with E-state index in [4.69, 9.17) is 4.74 Å². The molecule has 0 spiro atoms. The molecule has 2 nitrogen and oxygen atoms in total. The van der Waals surface area contributed by atoms with Crippen LogP contribution >= 0.6 is 0 Å². The monoisotopic (exact) mass is 238 g/mol. The molecule has 0 saturated heterocycles. The van der Waals surface area contributed by atoms with Crippen molar-refractivity contribution in [2.45, 2.75) is 59.5 Å². The average molecular weight is 238 g/mol. The predicted molar refractivity (Wildman–Crippen MR) is 68.5 cm³/mol. The van der Waals surface area contributed by atoms with Crippen LogP contribution in [-0.4, -0.2) is 11.6 Å². The van der Waals surface area contributed by atoms with Crippen molar-refractivity contribution in [3.8, 4) is 0 Å². The first-order chi connectivity index (χ1) is 7.85. The Hall–Kier alpha value is -0.530. The highest BCUT2D eigenvalue weighted by Gasteiger charge is 2.52. The highest BCUT2D eigenvalue weighted by Crippen LogP contribution is 2.55. The summed E-state index contributed by atoms with van der Waals surface area (Å²) in [6.45, 7) is 10.7. The molecule has 0 amide bonds. The Labute approximate surface area is 105 Å². The summed E-state index contributed by atoms with van der Waals surface area (Å²) in [5.41, 5.74) is -0.298. The molecular weight excluding hydrogens is 212 g/mol. The van der Waals surface area contributed by atoms with Gasteiger partial charge in [0.1, 0.15) is 5.60 Å². The molecule has 2 heteroatoms. The summed E-state index contributed by atoms with van der Waals surface area (Å²) in [5.74, 6) is 3.06. The van der Waals surface area contributed by atoms with Gasteiger partial charge < -0.3 is 4.74 Å². The number of rotatable bonds is 3. The van der Waals surface area contributed by atoms with Crippen LogP contribution in [0, 0.1) is 29.6 Å². The molecule has 0 heterocycles. The molecule has 2 fully saturated rings. The topological polar surface area (TPSA) is 26.3 Å². The van der Waals surface area contributed by atoms with Crippen molar-refractivity contribution in [3.63, 3.8) is 0 Å². The van der Waals surface area contributed by atoms with Crippen LogP contribution in [-0.2, 0) is 9.53 Å². The molecule has 17 heavy (non-hydrogen) atoms. The number of hydrogen-bond donors (Lipinski definition) is 0. The van der Waals surface area contributed by atoms with Crippen LogP contribution in [0.1, 0.15) is 53.9 Å². The van der Waals surface area contributed by atoms with Crippen LogP contribution in [0.3, 0.4) is 0 Å². The summed E-state index contributed by atoms with van der Waals surface area (Å²) in [7, 11) is 0. The van der Waals surface area contributed by atoms with E-state index in [1.807, 2.05) is 13.8 Å². The van der Waals surface area contributed by atoms with Crippen molar-refractivity contribution in [2.75, 3.05) is 0 Å². The van der Waals surface area contributed by atoms with E-state index in [2.05, 4.69) is 20.8 Å². The van der Waals surface area contributed by atoms with Gasteiger partial charge in [0, 0.05) is 0 Å². The zero-order valence-electron chi connectivity index (χ0n) is 11.8. The Kier molecular flexibility index (Phi) is 3.26. The largest absolute Gasteiger partial charge is 0.459 e. The number of ether oxygens (including phenoxy) is 1. The van der Waals surface area contributed by atoms with Gasteiger partial charge in [0.15, 0.2) is 0 Å². The van der Waals surface area contributed by atoms with Crippen molar-refractivity contribution in [1.29, 1.82) is 0 Å². The van der Waals surface area contributed by atoms with Crippen LogP contribution < -0.4 is 0 Å². The first kappa shape index (κ1) is 12.9. The molecule has 5 atom stereocenters. The van der Waals surface area contributed by atoms with Gasteiger partial charge in [-0.05, 0) is 56.8 Å². The second-order valence-corrected chi connectivity index (χ2v) is 6.75. The third-order valence-corrected chi connectivity index (χ3v) is 5.43. The molecule has 98 valence electrons. The number of carbonyl (C=O) groups is 1. The summed E-state index contributed by atoms with van der Waals surface area (Å²) in [6, 6.07) is 0. The van der Waals surface area contributed by atoms with Gasteiger partial charge in [-0.15, -0.1) is 0 Å². The minimum Gasteiger partial charge on any atom is -0.459 e. The molecular formula is C15H26O2. The fourth-order valence-electron chi connectivity index (χ4n) is 3.63. The van der Waals surface area contributed by atoms with Crippen molar-refractivity contribution >= 4 is 5.97 Å². The summed E-state index contributed by atoms with van der Waals surface area (Å²) in [6.07, 6.45) is 3.19. The molecule has 2 saturated carbocycles. The van der Waals surface area contributed by atoms with Crippen LogP contribution in [0.2, 0.25) is 0 Å². The first-order valence-corrected chi connectivity index (χ1v) is 7.08. The zero-order valence-corrected chi connectivity index (χ0v) is 11.8. The van der Waals surface area contributed by atoms with Crippen molar-refractivity contribution < 1.29 is 9.53 Å². The van der Waals surface area contributed by atoms with Gasteiger partial charge in [0.05, 0.1) is 5.92 Å². The second-order valence-electron chi connectivity index (χ2n) is 6.75. The minimum atomic E-state index is -0.298. The van der Waals surface area contributed by atoms with E-state index in [1.165, 1.54) is 6.42 Å². The smallest absolute Gasteiger partial charge is 0.309 e. The van der Waals surface area contributed by atoms with Crippen LogP contribution in [0.5, 0.6) is 0 Å². The molecule has 0 aromatic heterocycles. The van der Waals surface area contributed by atoms with Gasteiger partial charge in [-0.3, -0.25) is 4.79 Å². The predicted octanol–water partition coefficient (Wildman–Crippen LogP) is 3.65. The second kappa shape index (κ2) is 4.29. The van der Waals surface area contributed by atoms with Crippen molar-refractivity contribution in [3.05, 3.63) is 0 Å². The van der Waals surface area contributed by atoms with E-state index in [1.54, 1.807) is 0 Å². The standard InChI is InChI=1S/C15H26O2/c1-6-15(4,5)17-14(16)13-8-11-7-12(13)10(3)9(11)2/h9-13H,6-8H2,1-5H3/t9?,10?,11?,12-,13?/m1/s1. The third-order valence-electron chi connectivity index (χ3n) is 5.43. The maximum atomic E-state index is 12.2. The van der Waals surface area contributed by atoms with Gasteiger partial charge in [0.2, 0.25) is 0 Å². The van der Waals surface area contributed by atoms with E-state index >= 15 is 0 Å². The molecule has 0 N–H and O–H groups in total. The lowest BCUT2D eigenvalue weighted by molar-refractivity contribution is -0.164. The van der Waals surface area contributed by atoms with Crippen LogP contribution in [0.15, 0.2) is 0 Å². The summed E-state index contributed by atoms with van der Waals surface area (Å²) >= 11 is 0. The lowest BCUT2D eigenvalue weighted by atomic mass is 9.76. The maximum absolute atomic E-state index is 12.2. The third kappa shape index (κ3) is 2.23. The Morgan fingerprint density at radius 2 is 1.88 bits per heavy atom. The van der Waals surface area contributed by atoms with Gasteiger partial charge in [-0.25, -0.2) is 0 Å². The van der Waals surface area contributed by atoms with Gasteiger partial charge in [-0.2, -0.15) is 0 Å². The molecule has 4 unspecified atom stereocenters. The van der Waals surface area contributed by atoms with Crippen LogP contribution in [0.4, 0.5) is 0 Å². The maximum Gasteiger partial charge on any atom is 0.309 e. The SMILES string of the molecule is CCC(C)(C)OC(=O)C1CC2C[C@@H]1C(C)C2C. The average Bonchev–Trinajstić information content (AvgIpc) is 2.80. The van der Waals surface area contributed by atoms with Crippen molar-refractivity contribution in [1.82, 2.24) is 0 Å². The number of hydrogen-bond acceptors (Lipinski definition) is 2. The lowest BCUT2D eigenvalue weighted by Crippen LogP contribution is -2.36. The molecule has 0 aromatic carbocycles. The normalized spacial score (nSPS) is 40.6.